The monoisotopic (exact) mass is 193 g/mol. The van der Waals surface area contributed by atoms with E-state index in [0.29, 0.717) is 12.0 Å². The van der Waals surface area contributed by atoms with Gasteiger partial charge in [0, 0.05) is 6.04 Å². The van der Waals surface area contributed by atoms with Gasteiger partial charge in [-0.15, -0.1) is 0 Å². The van der Waals surface area contributed by atoms with Crippen molar-refractivity contribution in [1.82, 2.24) is 0 Å². The SMILES string of the molecule is COC(=O)c1ccccc1C[C@@H](C)N. The van der Waals surface area contributed by atoms with E-state index in [9.17, 15) is 4.79 Å². The van der Waals surface area contributed by atoms with Crippen LogP contribution in [-0.2, 0) is 11.2 Å². The van der Waals surface area contributed by atoms with E-state index in [-0.39, 0.29) is 12.0 Å². The summed E-state index contributed by atoms with van der Waals surface area (Å²) in [7, 11) is 1.38. The van der Waals surface area contributed by atoms with Crippen LogP contribution in [0.25, 0.3) is 0 Å². The van der Waals surface area contributed by atoms with E-state index in [0.717, 1.165) is 5.56 Å². The van der Waals surface area contributed by atoms with Gasteiger partial charge in [0.15, 0.2) is 0 Å². The van der Waals surface area contributed by atoms with Crippen LogP contribution in [0.4, 0.5) is 0 Å². The Labute approximate surface area is 83.9 Å². The molecule has 0 aromatic heterocycles. The Hall–Kier alpha value is -1.35. The molecule has 0 saturated carbocycles. The third kappa shape index (κ3) is 2.57. The number of nitrogens with two attached hydrogens (primary N) is 1. The first-order valence-corrected chi connectivity index (χ1v) is 4.57. The highest BCUT2D eigenvalue weighted by Crippen LogP contribution is 2.11. The van der Waals surface area contributed by atoms with Crippen molar-refractivity contribution in [1.29, 1.82) is 0 Å². The minimum atomic E-state index is -0.304. The van der Waals surface area contributed by atoms with Crippen LogP contribution in [0, 0.1) is 0 Å². The largest absolute Gasteiger partial charge is 0.465 e. The minimum absolute atomic E-state index is 0.0424. The topological polar surface area (TPSA) is 52.3 Å². The summed E-state index contributed by atoms with van der Waals surface area (Å²) in [5, 5.41) is 0. The van der Waals surface area contributed by atoms with Crippen LogP contribution in [0.2, 0.25) is 0 Å². The summed E-state index contributed by atoms with van der Waals surface area (Å²) in [5.74, 6) is -0.304. The Morgan fingerprint density at radius 2 is 2.14 bits per heavy atom. The highest BCUT2D eigenvalue weighted by molar-refractivity contribution is 5.90. The lowest BCUT2D eigenvalue weighted by Gasteiger charge is -2.09. The van der Waals surface area contributed by atoms with Gasteiger partial charge in [-0.3, -0.25) is 0 Å². The fourth-order valence-corrected chi connectivity index (χ4v) is 1.35. The van der Waals surface area contributed by atoms with Gasteiger partial charge < -0.3 is 10.5 Å². The minimum Gasteiger partial charge on any atom is -0.465 e. The molecule has 1 rings (SSSR count). The second-order valence-electron chi connectivity index (χ2n) is 3.33. The molecule has 0 radical (unpaired) electrons. The van der Waals surface area contributed by atoms with E-state index in [1.165, 1.54) is 7.11 Å². The predicted molar refractivity (Wildman–Crippen MR) is 55.1 cm³/mol. The van der Waals surface area contributed by atoms with Crippen LogP contribution >= 0.6 is 0 Å². The highest BCUT2D eigenvalue weighted by atomic mass is 16.5. The van der Waals surface area contributed by atoms with E-state index in [4.69, 9.17) is 5.73 Å². The molecule has 14 heavy (non-hydrogen) atoms. The van der Waals surface area contributed by atoms with Crippen molar-refractivity contribution in [3.8, 4) is 0 Å². The van der Waals surface area contributed by atoms with E-state index in [2.05, 4.69) is 4.74 Å². The predicted octanol–water partition coefficient (Wildman–Crippen LogP) is 1.36. The average molecular weight is 193 g/mol. The first kappa shape index (κ1) is 10.7. The number of carbonyl (C=O) groups excluding carboxylic acids is 1. The van der Waals surface area contributed by atoms with Crippen molar-refractivity contribution in [2.75, 3.05) is 7.11 Å². The van der Waals surface area contributed by atoms with Crippen LogP contribution in [0.3, 0.4) is 0 Å². The van der Waals surface area contributed by atoms with Crippen LogP contribution in [0.5, 0.6) is 0 Å². The third-order valence-electron chi connectivity index (χ3n) is 1.96. The zero-order valence-electron chi connectivity index (χ0n) is 8.49. The molecule has 1 atom stereocenters. The molecule has 0 bridgehead atoms. The number of benzene rings is 1. The number of esters is 1. The van der Waals surface area contributed by atoms with Crippen molar-refractivity contribution in [3.63, 3.8) is 0 Å². The summed E-state index contributed by atoms with van der Waals surface area (Å²) < 4.78 is 4.68. The summed E-state index contributed by atoms with van der Waals surface area (Å²) in [5.41, 5.74) is 7.23. The second kappa shape index (κ2) is 4.77. The van der Waals surface area contributed by atoms with Crippen molar-refractivity contribution < 1.29 is 9.53 Å². The molecule has 0 aliphatic carbocycles. The van der Waals surface area contributed by atoms with Gasteiger partial charge in [0.2, 0.25) is 0 Å². The number of ether oxygens (including phenoxy) is 1. The van der Waals surface area contributed by atoms with Gasteiger partial charge in [0.25, 0.3) is 0 Å². The molecule has 2 N–H and O–H groups in total. The van der Waals surface area contributed by atoms with Crippen molar-refractivity contribution in [3.05, 3.63) is 35.4 Å². The Morgan fingerprint density at radius 3 is 2.71 bits per heavy atom. The summed E-state index contributed by atoms with van der Waals surface area (Å²) in [6.45, 7) is 1.91. The molecule has 0 fully saturated rings. The fraction of sp³-hybridized carbons (Fsp3) is 0.364. The van der Waals surface area contributed by atoms with Gasteiger partial charge in [-0.05, 0) is 25.0 Å². The maximum Gasteiger partial charge on any atom is 0.338 e. The number of methoxy groups -OCH3 is 1. The molecule has 1 aromatic rings. The molecule has 3 nitrogen and oxygen atoms in total. The summed E-state index contributed by atoms with van der Waals surface area (Å²) >= 11 is 0. The lowest BCUT2D eigenvalue weighted by atomic mass is 10.0. The zero-order valence-corrected chi connectivity index (χ0v) is 8.49. The fourth-order valence-electron chi connectivity index (χ4n) is 1.35. The molecule has 0 amide bonds. The Morgan fingerprint density at radius 1 is 1.50 bits per heavy atom. The van der Waals surface area contributed by atoms with Gasteiger partial charge >= 0.3 is 5.97 Å². The van der Waals surface area contributed by atoms with Crippen LogP contribution in [-0.4, -0.2) is 19.1 Å². The van der Waals surface area contributed by atoms with Gasteiger partial charge in [0.1, 0.15) is 0 Å². The Kier molecular flexibility index (Phi) is 3.65. The molecular weight excluding hydrogens is 178 g/mol. The molecule has 0 spiro atoms. The molecule has 3 heteroatoms. The number of rotatable bonds is 3. The highest BCUT2D eigenvalue weighted by Gasteiger charge is 2.11. The average Bonchev–Trinajstić information content (AvgIpc) is 2.16. The lowest BCUT2D eigenvalue weighted by molar-refractivity contribution is 0.0599. The smallest absolute Gasteiger partial charge is 0.338 e. The molecule has 0 heterocycles. The first-order valence-electron chi connectivity index (χ1n) is 4.57. The van der Waals surface area contributed by atoms with Crippen LogP contribution in [0.15, 0.2) is 24.3 Å². The van der Waals surface area contributed by atoms with Crippen molar-refractivity contribution in [2.24, 2.45) is 5.73 Å². The van der Waals surface area contributed by atoms with E-state index < -0.39 is 0 Å². The normalized spacial score (nSPS) is 12.2. The lowest BCUT2D eigenvalue weighted by Crippen LogP contribution is -2.19. The van der Waals surface area contributed by atoms with E-state index in [1.54, 1.807) is 6.07 Å². The molecule has 0 unspecified atom stereocenters. The van der Waals surface area contributed by atoms with E-state index >= 15 is 0 Å². The molecular formula is C11H15NO2. The summed E-state index contributed by atoms with van der Waals surface area (Å²) in [6.07, 6.45) is 0.686. The number of hydrogen-bond donors (Lipinski definition) is 1. The maximum atomic E-state index is 11.4. The standard InChI is InChI=1S/C11H15NO2/c1-8(12)7-9-5-3-4-6-10(9)11(13)14-2/h3-6,8H,7,12H2,1-2H3/t8-/m1/s1. The van der Waals surface area contributed by atoms with Gasteiger partial charge in [0.05, 0.1) is 12.7 Å². The van der Waals surface area contributed by atoms with Crippen LogP contribution < -0.4 is 5.73 Å². The molecule has 76 valence electrons. The second-order valence-corrected chi connectivity index (χ2v) is 3.33. The van der Waals surface area contributed by atoms with Gasteiger partial charge in [-0.25, -0.2) is 4.79 Å². The van der Waals surface area contributed by atoms with Crippen molar-refractivity contribution in [2.45, 2.75) is 19.4 Å². The molecule has 1 aromatic carbocycles. The Bertz CT molecular complexity index is 321. The first-order chi connectivity index (χ1) is 6.65. The van der Waals surface area contributed by atoms with Gasteiger partial charge in [-0.1, -0.05) is 18.2 Å². The number of hydrogen-bond acceptors (Lipinski definition) is 3. The molecule has 0 saturated heterocycles. The summed E-state index contributed by atoms with van der Waals surface area (Å²) in [6, 6.07) is 7.40. The summed E-state index contributed by atoms with van der Waals surface area (Å²) in [4.78, 5) is 11.4. The zero-order chi connectivity index (χ0) is 10.6. The Balaban J connectivity index is 2.97. The molecule has 0 aliphatic rings. The van der Waals surface area contributed by atoms with Gasteiger partial charge in [-0.2, -0.15) is 0 Å². The number of carbonyl (C=O) groups is 1. The van der Waals surface area contributed by atoms with Crippen LogP contribution in [0.1, 0.15) is 22.8 Å². The van der Waals surface area contributed by atoms with E-state index in [1.807, 2.05) is 25.1 Å². The van der Waals surface area contributed by atoms with Crippen molar-refractivity contribution >= 4 is 5.97 Å². The quantitative estimate of drug-likeness (QED) is 0.737. The molecule has 0 aliphatic heterocycles. The maximum absolute atomic E-state index is 11.4. The third-order valence-corrected chi connectivity index (χ3v) is 1.96.